The van der Waals surface area contributed by atoms with Gasteiger partial charge in [-0.3, -0.25) is 9.69 Å². The van der Waals surface area contributed by atoms with Gasteiger partial charge in [0.15, 0.2) is 6.29 Å². The van der Waals surface area contributed by atoms with E-state index >= 15 is 0 Å². The molecule has 3 heterocycles. The number of amides is 1. The zero-order valence-electron chi connectivity index (χ0n) is 30.5. The molecule has 1 aliphatic carbocycles. The minimum absolute atomic E-state index is 0.0562. The summed E-state index contributed by atoms with van der Waals surface area (Å²) in [6.45, 7) is 11.7. The highest BCUT2D eigenvalue weighted by Gasteiger charge is 2.40. The van der Waals surface area contributed by atoms with Gasteiger partial charge in [-0.2, -0.15) is 0 Å². The highest BCUT2D eigenvalue weighted by atomic mass is 35.5. The first-order valence-electron chi connectivity index (χ1n) is 18.9. The van der Waals surface area contributed by atoms with Crippen LogP contribution in [0, 0.1) is 17.8 Å². The standard InChI is InChI=1S/C39H55ClFN3O6S/c1-5-7-25(3)26(4)51(46,47)42-39(45)29-11-14-37-36(16-29)44(19-31(22-48-37)35-13-12-32(40)15-28(35)8-6-2)18-30-10-9-27(30)17-38-49-23-34(24-50-38)43-20-33(41)21-43/h11-16,25-27,30-31,33-34,38H,5-10,17-24H2,1-4H3,(H,42,45). The molecule has 0 radical (unpaired) electrons. The number of nitrogens with one attached hydrogen (secondary N) is 1. The Kier molecular flexibility index (Phi) is 12.5. The number of hydrogen-bond acceptors (Lipinski definition) is 8. The largest absolute Gasteiger partial charge is 0.491 e. The van der Waals surface area contributed by atoms with Crippen LogP contribution in [0.2, 0.25) is 5.02 Å². The maximum atomic E-state index is 13.5. The maximum absolute atomic E-state index is 13.5. The Hall–Kier alpha value is -2.44. The zero-order valence-corrected chi connectivity index (χ0v) is 32.1. The summed E-state index contributed by atoms with van der Waals surface area (Å²) in [5.74, 6) is 0.804. The van der Waals surface area contributed by atoms with Crippen molar-refractivity contribution in [2.24, 2.45) is 17.8 Å². The lowest BCUT2D eigenvalue weighted by molar-refractivity contribution is -0.223. The molecule has 51 heavy (non-hydrogen) atoms. The van der Waals surface area contributed by atoms with Crippen LogP contribution < -0.4 is 14.4 Å². The number of hydrogen-bond donors (Lipinski definition) is 1. The van der Waals surface area contributed by atoms with Crippen molar-refractivity contribution >= 4 is 33.2 Å². The highest BCUT2D eigenvalue weighted by molar-refractivity contribution is 7.90. The molecule has 0 aromatic heterocycles. The number of carbonyl (C=O) groups excluding carboxylic acids is 1. The Morgan fingerprint density at radius 3 is 2.41 bits per heavy atom. The van der Waals surface area contributed by atoms with Gasteiger partial charge < -0.3 is 19.1 Å². The number of ether oxygens (including phenoxy) is 3. The summed E-state index contributed by atoms with van der Waals surface area (Å²) < 4.78 is 60.9. The van der Waals surface area contributed by atoms with E-state index in [1.807, 2.05) is 19.9 Å². The fraction of sp³-hybridized carbons (Fsp3) is 0.667. The fourth-order valence-electron chi connectivity index (χ4n) is 8.08. The number of benzene rings is 2. The van der Waals surface area contributed by atoms with Crippen molar-refractivity contribution in [1.29, 1.82) is 0 Å². The van der Waals surface area contributed by atoms with E-state index < -0.39 is 27.4 Å². The van der Waals surface area contributed by atoms with Crippen LogP contribution in [0.15, 0.2) is 36.4 Å². The van der Waals surface area contributed by atoms with E-state index in [1.54, 1.807) is 25.1 Å². The van der Waals surface area contributed by atoms with Gasteiger partial charge >= 0.3 is 0 Å². The molecule has 5 atom stereocenters. The van der Waals surface area contributed by atoms with Crippen LogP contribution in [0.4, 0.5) is 10.1 Å². The topological polar surface area (TPSA) is 97.4 Å². The van der Waals surface area contributed by atoms with Gasteiger partial charge in [0.25, 0.3) is 5.91 Å². The molecular formula is C39H55ClFN3O6S. The summed E-state index contributed by atoms with van der Waals surface area (Å²) in [4.78, 5) is 17.9. The third-order valence-electron chi connectivity index (χ3n) is 11.6. The zero-order chi connectivity index (χ0) is 36.3. The van der Waals surface area contributed by atoms with Crippen LogP contribution in [-0.2, 0) is 25.9 Å². The Bertz CT molecular complexity index is 1620. The summed E-state index contributed by atoms with van der Waals surface area (Å²) in [6, 6.07) is 11.5. The van der Waals surface area contributed by atoms with E-state index in [2.05, 4.69) is 33.6 Å². The van der Waals surface area contributed by atoms with E-state index in [1.165, 1.54) is 11.1 Å². The lowest BCUT2D eigenvalue weighted by atomic mass is 9.71. The monoisotopic (exact) mass is 747 g/mol. The van der Waals surface area contributed by atoms with Crippen LogP contribution in [-0.4, -0.2) is 89.0 Å². The first-order chi connectivity index (χ1) is 24.4. The van der Waals surface area contributed by atoms with Crippen molar-refractivity contribution in [1.82, 2.24) is 9.62 Å². The minimum Gasteiger partial charge on any atom is -0.491 e. The van der Waals surface area contributed by atoms with Gasteiger partial charge in [0.2, 0.25) is 10.0 Å². The van der Waals surface area contributed by atoms with E-state index in [4.69, 9.17) is 25.8 Å². The van der Waals surface area contributed by atoms with Crippen molar-refractivity contribution in [2.75, 3.05) is 50.9 Å². The first-order valence-corrected chi connectivity index (χ1v) is 20.8. The molecule has 6 rings (SSSR count). The molecule has 4 aliphatic rings. The summed E-state index contributed by atoms with van der Waals surface area (Å²) in [7, 11) is -3.87. The predicted octanol–water partition coefficient (Wildman–Crippen LogP) is 6.97. The number of sulfonamides is 1. The smallest absolute Gasteiger partial charge is 0.264 e. The third-order valence-corrected chi connectivity index (χ3v) is 13.8. The van der Waals surface area contributed by atoms with Crippen molar-refractivity contribution in [3.63, 3.8) is 0 Å². The van der Waals surface area contributed by atoms with Gasteiger partial charge in [0.05, 0.1) is 36.8 Å². The summed E-state index contributed by atoms with van der Waals surface area (Å²) in [5, 5.41) is 0.0180. The van der Waals surface area contributed by atoms with Crippen molar-refractivity contribution in [3.8, 4) is 5.75 Å². The molecule has 0 spiro atoms. The second-order valence-corrected chi connectivity index (χ2v) is 17.7. The van der Waals surface area contributed by atoms with Gasteiger partial charge in [0.1, 0.15) is 11.9 Å². The Balaban J connectivity index is 1.20. The van der Waals surface area contributed by atoms with E-state index in [9.17, 15) is 17.6 Å². The molecule has 2 saturated heterocycles. The number of aryl methyl sites for hydroxylation is 1. The Morgan fingerprint density at radius 1 is 1.00 bits per heavy atom. The molecule has 12 heteroatoms. The van der Waals surface area contributed by atoms with Crippen LogP contribution in [0.25, 0.3) is 0 Å². The molecule has 282 valence electrons. The number of fused-ring (bicyclic) bond motifs is 1. The molecule has 3 aliphatic heterocycles. The minimum atomic E-state index is -3.87. The summed E-state index contributed by atoms with van der Waals surface area (Å²) in [5.41, 5.74) is 3.50. The fourth-order valence-corrected chi connectivity index (χ4v) is 9.59. The van der Waals surface area contributed by atoms with Crippen LogP contribution in [0.1, 0.15) is 93.6 Å². The highest BCUT2D eigenvalue weighted by Crippen LogP contribution is 2.43. The average Bonchev–Trinajstić information content (AvgIpc) is 3.26. The maximum Gasteiger partial charge on any atom is 0.264 e. The van der Waals surface area contributed by atoms with Crippen molar-refractivity contribution < 1.29 is 31.8 Å². The van der Waals surface area contributed by atoms with Gasteiger partial charge in [-0.15, -0.1) is 0 Å². The van der Waals surface area contributed by atoms with Crippen molar-refractivity contribution in [3.05, 3.63) is 58.1 Å². The number of nitrogens with zero attached hydrogens (tertiary/aromatic N) is 2. The summed E-state index contributed by atoms with van der Waals surface area (Å²) >= 11 is 6.44. The number of alkyl halides is 1. The average molecular weight is 748 g/mol. The second-order valence-electron chi connectivity index (χ2n) is 15.3. The molecule has 9 nitrogen and oxygen atoms in total. The quantitative estimate of drug-likeness (QED) is 0.222. The number of anilines is 1. The second kappa shape index (κ2) is 16.7. The lowest BCUT2D eigenvalue weighted by Gasteiger charge is -2.45. The summed E-state index contributed by atoms with van der Waals surface area (Å²) in [6.07, 6.45) is 5.47. The number of likely N-dealkylation sites (tertiary alicyclic amines) is 1. The van der Waals surface area contributed by atoms with E-state index in [-0.39, 0.29) is 29.7 Å². The normalized spacial score (nSPS) is 26.9. The SMILES string of the molecule is CCCc1cc(Cl)ccc1C1COc2ccc(C(=O)NS(=O)(=O)C(C)C(C)CCC)cc2N(CC2CCC2CC2OCC(N3CC(F)C3)CO2)C1. The number of halogens is 2. The van der Waals surface area contributed by atoms with Gasteiger partial charge in [-0.05, 0) is 91.8 Å². The predicted molar refractivity (Wildman–Crippen MR) is 199 cm³/mol. The molecule has 5 unspecified atom stereocenters. The number of rotatable bonds is 14. The van der Waals surface area contributed by atoms with Crippen molar-refractivity contribution in [2.45, 2.75) is 102 Å². The third kappa shape index (κ3) is 9.03. The Morgan fingerprint density at radius 2 is 1.75 bits per heavy atom. The molecule has 2 aromatic carbocycles. The van der Waals surface area contributed by atoms with Gasteiger partial charge in [-0.1, -0.05) is 51.3 Å². The molecule has 1 N–H and O–H groups in total. The molecule has 1 amide bonds. The van der Waals surface area contributed by atoms with Crippen LogP contribution in [0.5, 0.6) is 5.75 Å². The Labute approximate surface area is 308 Å². The lowest BCUT2D eigenvalue weighted by Crippen LogP contribution is -2.58. The van der Waals surface area contributed by atoms with E-state index in [0.717, 1.165) is 57.2 Å². The van der Waals surface area contributed by atoms with Gasteiger partial charge in [-0.25, -0.2) is 17.5 Å². The van der Waals surface area contributed by atoms with Crippen LogP contribution in [0.3, 0.4) is 0 Å². The van der Waals surface area contributed by atoms with Crippen LogP contribution >= 0.6 is 11.6 Å². The number of carbonyl (C=O) groups is 1. The van der Waals surface area contributed by atoms with E-state index in [0.29, 0.717) is 62.1 Å². The molecule has 2 aromatic rings. The first kappa shape index (κ1) is 38.3. The molecular weight excluding hydrogens is 693 g/mol. The molecule has 1 saturated carbocycles. The molecule has 3 fully saturated rings. The van der Waals surface area contributed by atoms with Gasteiger partial charge in [0, 0.05) is 49.1 Å². The molecule has 0 bridgehead atoms.